The quantitative estimate of drug-likeness (QED) is 0.174. The first-order valence-corrected chi connectivity index (χ1v) is 16.2. The second-order valence-corrected chi connectivity index (χ2v) is 13.9. The number of ketones is 4. The predicted octanol–water partition coefficient (Wildman–Crippen LogP) is 10.0. The third-order valence-corrected chi connectivity index (χ3v) is 8.12. The molecule has 0 aliphatic heterocycles. The number of carbonyl (C=O) groups is 4. The van der Waals surface area contributed by atoms with Crippen molar-refractivity contribution in [3.05, 3.63) is 81.5 Å². The van der Waals surface area contributed by atoms with E-state index in [2.05, 4.69) is 26.0 Å². The van der Waals surface area contributed by atoms with Crippen LogP contribution in [0.1, 0.15) is 115 Å². The summed E-state index contributed by atoms with van der Waals surface area (Å²) in [6, 6.07) is 0. The molecule has 4 heteroatoms. The van der Waals surface area contributed by atoms with Crippen LogP contribution >= 0.6 is 0 Å². The molecule has 4 atom stereocenters. The van der Waals surface area contributed by atoms with Crippen LogP contribution in [0.5, 0.6) is 0 Å². The minimum Gasteiger partial charge on any atom is -0.295 e. The molecule has 44 heavy (non-hydrogen) atoms. The summed E-state index contributed by atoms with van der Waals surface area (Å²) in [5, 5.41) is 0. The molecule has 0 radical (unpaired) electrons. The fourth-order valence-corrected chi connectivity index (χ4v) is 6.26. The smallest absolute Gasteiger partial charge is 0.178 e. The number of rotatable bonds is 11. The molecule has 0 aromatic carbocycles. The van der Waals surface area contributed by atoms with E-state index in [9.17, 15) is 19.2 Å². The molecule has 0 saturated carbocycles. The van der Waals surface area contributed by atoms with Crippen LogP contribution in [0.2, 0.25) is 0 Å². The molecule has 0 saturated heterocycles. The van der Waals surface area contributed by atoms with Crippen molar-refractivity contribution < 1.29 is 19.2 Å². The zero-order chi connectivity index (χ0) is 33.7. The van der Waals surface area contributed by atoms with Crippen LogP contribution in [0.15, 0.2) is 81.5 Å². The highest BCUT2D eigenvalue weighted by atomic mass is 16.1. The second-order valence-electron chi connectivity index (χ2n) is 13.9. The Bertz CT molecular complexity index is 1280. The van der Waals surface area contributed by atoms with Crippen LogP contribution in [-0.4, -0.2) is 23.1 Å². The molecule has 2 aliphatic carbocycles. The molecular formula is C40H58O4. The van der Waals surface area contributed by atoms with E-state index >= 15 is 0 Å². The van der Waals surface area contributed by atoms with Gasteiger partial charge in [-0.15, -0.1) is 0 Å². The molecule has 2 aliphatic rings. The van der Waals surface area contributed by atoms with E-state index < -0.39 is 0 Å². The van der Waals surface area contributed by atoms with Crippen molar-refractivity contribution in [2.75, 3.05) is 0 Å². The van der Waals surface area contributed by atoms with Gasteiger partial charge in [0, 0.05) is 18.3 Å². The number of carbonyl (C=O) groups excluding carboxylic acids is 4. The Hall–Kier alpha value is -3.14. The monoisotopic (exact) mass is 602 g/mol. The third-order valence-electron chi connectivity index (χ3n) is 8.12. The standard InChI is InChI=1S/C20H30O2.C20H28O2/c2*1-13(2)10-17(21)12-16(6)18-9-7-8-15(5)20(18)19(22)11-14(3)4/h8,11-13,18,20H,7,9-10H2,1-6H3;8,10-12,18,20H,7,9H2,1-6H3/b2*16-12+. The van der Waals surface area contributed by atoms with Gasteiger partial charge in [-0.05, 0) is 143 Å². The van der Waals surface area contributed by atoms with Gasteiger partial charge in [-0.3, -0.25) is 19.2 Å². The highest BCUT2D eigenvalue weighted by Crippen LogP contribution is 2.37. The number of hydrogen-bond donors (Lipinski definition) is 0. The Labute approximate surface area is 268 Å². The minimum absolute atomic E-state index is 0.0121. The van der Waals surface area contributed by atoms with E-state index in [4.69, 9.17) is 0 Å². The fraction of sp³-hybridized carbons (Fsp3) is 0.550. The largest absolute Gasteiger partial charge is 0.295 e. The first kappa shape index (κ1) is 38.9. The van der Waals surface area contributed by atoms with Gasteiger partial charge in [-0.1, -0.05) is 65.0 Å². The molecule has 0 aromatic heterocycles. The Morgan fingerprint density at radius 2 is 1.02 bits per heavy atom. The van der Waals surface area contributed by atoms with E-state index in [1.54, 1.807) is 30.4 Å². The predicted molar refractivity (Wildman–Crippen MR) is 185 cm³/mol. The maximum atomic E-state index is 12.6. The molecule has 2 rings (SSSR count). The van der Waals surface area contributed by atoms with Crippen LogP contribution in [0.4, 0.5) is 0 Å². The van der Waals surface area contributed by atoms with Gasteiger partial charge in [-0.25, -0.2) is 0 Å². The molecule has 0 aromatic rings. The lowest BCUT2D eigenvalue weighted by Gasteiger charge is -2.30. The lowest BCUT2D eigenvalue weighted by molar-refractivity contribution is -0.119. The number of hydrogen-bond acceptors (Lipinski definition) is 4. The topological polar surface area (TPSA) is 68.3 Å². The Balaban J connectivity index is 0.000000440. The summed E-state index contributed by atoms with van der Waals surface area (Å²) in [6.45, 7) is 23.7. The van der Waals surface area contributed by atoms with Crippen molar-refractivity contribution in [1.29, 1.82) is 0 Å². The molecule has 0 amide bonds. The van der Waals surface area contributed by atoms with Crippen LogP contribution in [0, 0.1) is 29.6 Å². The summed E-state index contributed by atoms with van der Waals surface area (Å²) in [5.74, 6) is 0.931. The van der Waals surface area contributed by atoms with E-state index in [0.29, 0.717) is 12.3 Å². The average molecular weight is 603 g/mol. The summed E-state index contributed by atoms with van der Waals surface area (Å²) in [6.07, 6.45) is 17.3. The SMILES string of the molecule is CC(C)=CC(=O)/C=C(\C)C1CCC=C(C)C1C(=O)C=C(C)C.CC(C)=CC(=O)C1C(C)=CCCC1/C(C)=C/C(=O)CC(C)C. The van der Waals surface area contributed by atoms with Crippen molar-refractivity contribution in [3.8, 4) is 0 Å². The van der Waals surface area contributed by atoms with E-state index in [1.165, 1.54) is 0 Å². The van der Waals surface area contributed by atoms with Crippen molar-refractivity contribution >= 4 is 23.1 Å². The normalized spacial score (nSPS) is 22.0. The third kappa shape index (κ3) is 13.2. The molecule has 0 spiro atoms. The average Bonchev–Trinajstić information content (AvgIpc) is 2.86. The lowest BCUT2D eigenvalue weighted by Crippen LogP contribution is -2.27. The van der Waals surface area contributed by atoms with Gasteiger partial charge in [0.1, 0.15) is 0 Å². The zero-order valence-corrected chi connectivity index (χ0v) is 29.6. The van der Waals surface area contributed by atoms with Crippen molar-refractivity contribution in [3.63, 3.8) is 0 Å². The van der Waals surface area contributed by atoms with Gasteiger partial charge in [-0.2, -0.15) is 0 Å². The van der Waals surface area contributed by atoms with Crippen LogP contribution < -0.4 is 0 Å². The molecule has 0 N–H and O–H groups in total. The first-order chi connectivity index (χ1) is 20.4. The first-order valence-electron chi connectivity index (χ1n) is 16.2. The lowest BCUT2D eigenvalue weighted by atomic mass is 9.72. The van der Waals surface area contributed by atoms with Gasteiger partial charge in [0.15, 0.2) is 23.1 Å². The Morgan fingerprint density at radius 1 is 0.636 bits per heavy atom. The van der Waals surface area contributed by atoms with Crippen LogP contribution in [-0.2, 0) is 19.2 Å². The summed E-state index contributed by atoms with van der Waals surface area (Å²) in [7, 11) is 0. The Kier molecular flexibility index (Phi) is 16.5. The van der Waals surface area contributed by atoms with Gasteiger partial charge < -0.3 is 0 Å². The zero-order valence-electron chi connectivity index (χ0n) is 29.6. The van der Waals surface area contributed by atoms with Gasteiger partial charge in [0.25, 0.3) is 0 Å². The van der Waals surface area contributed by atoms with Gasteiger partial charge >= 0.3 is 0 Å². The summed E-state index contributed by atoms with van der Waals surface area (Å²) < 4.78 is 0. The van der Waals surface area contributed by atoms with E-state index in [1.807, 2.05) is 69.2 Å². The highest BCUT2D eigenvalue weighted by molar-refractivity contribution is 6.00. The molecule has 0 bridgehead atoms. The summed E-state index contributed by atoms with van der Waals surface area (Å²) in [5.41, 5.74) is 7.37. The molecule has 4 nitrogen and oxygen atoms in total. The fourth-order valence-electron chi connectivity index (χ4n) is 6.26. The molecular weight excluding hydrogens is 544 g/mol. The van der Waals surface area contributed by atoms with Crippen molar-refractivity contribution in [1.82, 2.24) is 0 Å². The maximum absolute atomic E-state index is 12.6. The summed E-state index contributed by atoms with van der Waals surface area (Å²) in [4.78, 5) is 49.2. The molecule has 242 valence electrons. The van der Waals surface area contributed by atoms with Crippen molar-refractivity contribution in [2.24, 2.45) is 29.6 Å². The van der Waals surface area contributed by atoms with E-state index in [0.717, 1.165) is 64.7 Å². The van der Waals surface area contributed by atoms with Gasteiger partial charge in [0.05, 0.1) is 0 Å². The van der Waals surface area contributed by atoms with Crippen LogP contribution in [0.3, 0.4) is 0 Å². The van der Waals surface area contributed by atoms with E-state index in [-0.39, 0.29) is 46.8 Å². The highest BCUT2D eigenvalue weighted by Gasteiger charge is 2.33. The van der Waals surface area contributed by atoms with Crippen molar-refractivity contribution in [2.45, 2.75) is 115 Å². The Morgan fingerprint density at radius 3 is 1.39 bits per heavy atom. The van der Waals surface area contributed by atoms with Gasteiger partial charge in [0.2, 0.25) is 0 Å². The number of allylic oxidation sites excluding steroid dienone is 14. The minimum atomic E-state index is -0.126. The van der Waals surface area contributed by atoms with Crippen LogP contribution in [0.25, 0.3) is 0 Å². The molecule has 0 heterocycles. The molecule has 0 fully saturated rings. The maximum Gasteiger partial charge on any atom is 0.178 e. The second kappa shape index (κ2) is 18.6. The molecule has 4 unspecified atom stereocenters. The summed E-state index contributed by atoms with van der Waals surface area (Å²) >= 11 is 0.